The van der Waals surface area contributed by atoms with Gasteiger partial charge in [0.15, 0.2) is 0 Å². The topological polar surface area (TPSA) is 58.6 Å². The van der Waals surface area contributed by atoms with Crippen molar-refractivity contribution in [2.75, 3.05) is 16.8 Å². The number of rotatable bonds is 4. The van der Waals surface area contributed by atoms with Crippen molar-refractivity contribution in [2.24, 2.45) is 5.92 Å². The Balaban J connectivity index is 1.54. The molecule has 144 valence electrons. The smallest absolute Gasteiger partial charge is 0.336 e. The van der Waals surface area contributed by atoms with Crippen molar-refractivity contribution >= 4 is 35.0 Å². The van der Waals surface area contributed by atoms with Gasteiger partial charge in [0.25, 0.3) is 0 Å². The van der Waals surface area contributed by atoms with Crippen LogP contribution in [0, 0.1) is 5.92 Å². The highest BCUT2D eigenvalue weighted by atomic mass is 35.5. The van der Waals surface area contributed by atoms with Gasteiger partial charge in [0, 0.05) is 17.4 Å². The van der Waals surface area contributed by atoms with Crippen LogP contribution in [-0.4, -0.2) is 28.7 Å². The van der Waals surface area contributed by atoms with E-state index < -0.39 is 5.97 Å². The summed E-state index contributed by atoms with van der Waals surface area (Å²) < 4.78 is 6.07. The Morgan fingerprint density at radius 1 is 1.25 bits per heavy atom. The van der Waals surface area contributed by atoms with E-state index in [4.69, 9.17) is 16.3 Å². The second-order valence-corrected chi connectivity index (χ2v) is 9.00. The molecule has 28 heavy (non-hydrogen) atoms. The van der Waals surface area contributed by atoms with Gasteiger partial charge in [0.05, 0.1) is 22.3 Å². The molecule has 2 aromatic carbocycles. The van der Waals surface area contributed by atoms with Gasteiger partial charge < -0.3 is 15.2 Å². The Bertz CT molecular complexity index is 972. The van der Waals surface area contributed by atoms with Crippen LogP contribution in [-0.2, 0) is 0 Å². The zero-order chi connectivity index (χ0) is 19.3. The standard InChI is InChI=1S/C22H20ClNO3S/c23-18-8-7-17(22(25)26)19-15-5-2-6-16(15)20(24-21(18)19)12-3-1-4-13(9-12)27-14-10-28-11-14/h1-5,7-9,14-16,20,24H,6,10-11H2,(H,25,26)/t15-,16+,20-/m0/s1. The zero-order valence-electron chi connectivity index (χ0n) is 15.1. The highest BCUT2D eigenvalue weighted by Gasteiger charge is 2.41. The Morgan fingerprint density at radius 3 is 2.86 bits per heavy atom. The third kappa shape index (κ3) is 2.97. The highest BCUT2D eigenvalue weighted by molar-refractivity contribution is 8.00. The number of hydrogen-bond donors (Lipinski definition) is 2. The molecular weight excluding hydrogens is 394 g/mol. The third-order valence-corrected chi connectivity index (χ3v) is 7.36. The molecule has 2 aromatic rings. The van der Waals surface area contributed by atoms with E-state index in [1.54, 1.807) is 12.1 Å². The summed E-state index contributed by atoms with van der Waals surface area (Å²) >= 11 is 8.38. The van der Waals surface area contributed by atoms with Crippen LogP contribution < -0.4 is 10.1 Å². The molecule has 1 fully saturated rings. The molecule has 0 saturated carbocycles. The Kier molecular flexibility index (Phi) is 4.52. The van der Waals surface area contributed by atoms with Gasteiger partial charge in [-0.05, 0) is 47.7 Å². The first kappa shape index (κ1) is 18.0. The second-order valence-electron chi connectivity index (χ2n) is 7.51. The molecule has 0 unspecified atom stereocenters. The van der Waals surface area contributed by atoms with Gasteiger partial charge >= 0.3 is 5.97 Å². The van der Waals surface area contributed by atoms with Crippen molar-refractivity contribution in [3.8, 4) is 5.75 Å². The molecule has 2 aliphatic heterocycles. The summed E-state index contributed by atoms with van der Waals surface area (Å²) in [5.74, 6) is 2.35. The zero-order valence-corrected chi connectivity index (χ0v) is 16.7. The molecule has 2 N–H and O–H groups in total. The number of carboxylic acids is 1. The number of anilines is 1. The molecule has 5 rings (SSSR count). The van der Waals surface area contributed by atoms with E-state index >= 15 is 0 Å². The highest BCUT2D eigenvalue weighted by Crippen LogP contribution is 2.52. The Hall–Kier alpha value is -2.11. The minimum Gasteiger partial charge on any atom is -0.489 e. The molecular formula is C22H20ClNO3S. The summed E-state index contributed by atoms with van der Waals surface area (Å²) in [4.78, 5) is 11.8. The van der Waals surface area contributed by atoms with Crippen molar-refractivity contribution < 1.29 is 14.6 Å². The molecule has 4 nitrogen and oxygen atoms in total. The minimum atomic E-state index is -0.916. The van der Waals surface area contributed by atoms with E-state index in [9.17, 15) is 9.90 Å². The van der Waals surface area contributed by atoms with Crippen LogP contribution >= 0.6 is 23.4 Å². The van der Waals surface area contributed by atoms with Gasteiger partial charge in [-0.25, -0.2) is 4.79 Å². The first-order chi connectivity index (χ1) is 13.6. The number of fused-ring (bicyclic) bond motifs is 3. The molecule has 6 heteroatoms. The third-order valence-electron chi connectivity index (χ3n) is 5.83. The second kappa shape index (κ2) is 7.05. The molecule has 2 heterocycles. The van der Waals surface area contributed by atoms with Gasteiger partial charge in [-0.2, -0.15) is 11.8 Å². The van der Waals surface area contributed by atoms with Gasteiger partial charge in [0.1, 0.15) is 11.9 Å². The molecule has 0 aromatic heterocycles. The van der Waals surface area contributed by atoms with Crippen LogP contribution in [0.25, 0.3) is 0 Å². The maximum Gasteiger partial charge on any atom is 0.336 e. The largest absolute Gasteiger partial charge is 0.489 e. The monoisotopic (exact) mass is 413 g/mol. The van der Waals surface area contributed by atoms with Crippen LogP contribution in [0.1, 0.15) is 39.9 Å². The minimum absolute atomic E-state index is 0.0404. The molecule has 0 radical (unpaired) electrons. The number of thioether (sulfide) groups is 1. The predicted molar refractivity (Wildman–Crippen MR) is 113 cm³/mol. The maximum atomic E-state index is 11.8. The van der Waals surface area contributed by atoms with Crippen LogP contribution in [0.3, 0.4) is 0 Å². The lowest BCUT2D eigenvalue weighted by Gasteiger charge is -2.38. The SMILES string of the molecule is O=C(O)c1ccc(Cl)c2c1[C@H]1C=CC[C@H]1[C@H](c1cccc(OC3CSC3)c1)N2. The normalized spacial score (nSPS) is 25.4. The van der Waals surface area contributed by atoms with Gasteiger partial charge in [-0.15, -0.1) is 0 Å². The summed E-state index contributed by atoms with van der Waals surface area (Å²) in [6, 6.07) is 11.6. The quantitative estimate of drug-likeness (QED) is 0.661. The summed E-state index contributed by atoms with van der Waals surface area (Å²) in [5.41, 5.74) is 3.01. The van der Waals surface area contributed by atoms with E-state index in [-0.39, 0.29) is 17.9 Å². The van der Waals surface area contributed by atoms with Crippen molar-refractivity contribution in [2.45, 2.75) is 24.5 Å². The number of hydrogen-bond acceptors (Lipinski definition) is 4. The van der Waals surface area contributed by atoms with Crippen molar-refractivity contribution in [3.63, 3.8) is 0 Å². The molecule has 3 aliphatic rings. The fraction of sp³-hybridized carbons (Fsp3) is 0.318. The fourth-order valence-corrected chi connectivity index (χ4v) is 5.23. The lowest BCUT2D eigenvalue weighted by Crippen LogP contribution is -2.32. The number of aromatic carboxylic acids is 1. The van der Waals surface area contributed by atoms with E-state index in [1.807, 2.05) is 23.9 Å². The summed E-state index contributed by atoms with van der Waals surface area (Å²) in [6.45, 7) is 0. The number of nitrogens with one attached hydrogen (secondary N) is 1. The number of ether oxygens (including phenoxy) is 1. The predicted octanol–water partition coefficient (Wildman–Crippen LogP) is 5.36. The average molecular weight is 414 g/mol. The lowest BCUT2D eigenvalue weighted by molar-refractivity contribution is 0.0695. The van der Waals surface area contributed by atoms with Crippen LogP contribution in [0.2, 0.25) is 5.02 Å². The summed E-state index contributed by atoms with van der Waals surface area (Å²) in [6.07, 6.45) is 5.48. The number of halogens is 1. The number of carboxylic acid groups (broad SMARTS) is 1. The first-order valence-corrected chi connectivity index (χ1v) is 11.0. The Labute approximate surface area is 172 Å². The fourth-order valence-electron chi connectivity index (χ4n) is 4.45. The Morgan fingerprint density at radius 2 is 2.11 bits per heavy atom. The maximum absolute atomic E-state index is 11.8. The van der Waals surface area contributed by atoms with E-state index in [0.717, 1.165) is 40.5 Å². The van der Waals surface area contributed by atoms with Crippen LogP contribution in [0.4, 0.5) is 5.69 Å². The van der Waals surface area contributed by atoms with E-state index in [2.05, 4.69) is 29.6 Å². The molecule has 1 aliphatic carbocycles. The van der Waals surface area contributed by atoms with Crippen molar-refractivity contribution in [1.29, 1.82) is 0 Å². The first-order valence-electron chi connectivity index (χ1n) is 9.45. The number of benzene rings is 2. The molecule has 3 atom stereocenters. The molecule has 0 bridgehead atoms. The molecule has 1 saturated heterocycles. The molecule has 0 spiro atoms. The van der Waals surface area contributed by atoms with Gasteiger partial charge in [-0.3, -0.25) is 0 Å². The van der Waals surface area contributed by atoms with E-state index in [0.29, 0.717) is 16.7 Å². The van der Waals surface area contributed by atoms with Crippen LogP contribution in [0.15, 0.2) is 48.6 Å². The van der Waals surface area contributed by atoms with Crippen molar-refractivity contribution in [3.05, 3.63) is 70.3 Å². The average Bonchev–Trinajstić information content (AvgIpc) is 3.14. The number of carbonyl (C=O) groups is 1. The van der Waals surface area contributed by atoms with Crippen molar-refractivity contribution in [1.82, 2.24) is 0 Å². The summed E-state index contributed by atoms with van der Waals surface area (Å²) in [5, 5.41) is 13.8. The van der Waals surface area contributed by atoms with Gasteiger partial charge in [0.2, 0.25) is 0 Å². The lowest BCUT2D eigenvalue weighted by atomic mass is 9.75. The molecule has 0 amide bonds. The van der Waals surface area contributed by atoms with Gasteiger partial charge in [-0.1, -0.05) is 35.9 Å². The van der Waals surface area contributed by atoms with E-state index in [1.165, 1.54) is 0 Å². The summed E-state index contributed by atoms with van der Waals surface area (Å²) in [7, 11) is 0. The van der Waals surface area contributed by atoms with Crippen LogP contribution in [0.5, 0.6) is 5.75 Å². The number of allylic oxidation sites excluding steroid dienone is 2.